The average Bonchev–Trinajstić information content (AvgIpc) is 3.19. The number of hydrogen-bond acceptors (Lipinski definition) is 6. The number of benzene rings is 3. The lowest BCUT2D eigenvalue weighted by molar-refractivity contribution is 0.101. The zero-order chi connectivity index (χ0) is 24.1. The molecule has 2 aliphatic rings. The van der Waals surface area contributed by atoms with Crippen molar-refractivity contribution in [2.45, 2.75) is 33.2 Å². The molecule has 2 heterocycles. The largest absolute Gasteiger partial charge is 0.493 e. The van der Waals surface area contributed by atoms with Crippen LogP contribution in [0.1, 0.15) is 49.2 Å². The zero-order valence-corrected chi connectivity index (χ0v) is 19.8. The summed E-state index contributed by atoms with van der Waals surface area (Å²) in [5.74, 6) is 2.16. The van der Waals surface area contributed by atoms with E-state index in [1.165, 1.54) is 0 Å². The fourth-order valence-corrected chi connectivity index (χ4v) is 4.32. The third-order valence-corrected chi connectivity index (χ3v) is 6.05. The first-order chi connectivity index (χ1) is 16.1. The molecule has 0 fully saturated rings. The lowest BCUT2D eigenvalue weighted by atomic mass is 9.80. The van der Waals surface area contributed by atoms with Crippen molar-refractivity contribution >= 4 is 11.8 Å². The minimum Gasteiger partial charge on any atom is -0.493 e. The van der Waals surface area contributed by atoms with Crippen LogP contribution in [0.25, 0.3) is 11.1 Å². The SMILES string of the molecule is CC(=O)c1cccc(-c2ccc3c(c2)[C@]2(COC(N)=N2)c2cc(OCC(C)(C)C)ccc2O3)c1. The second-order valence-electron chi connectivity index (χ2n) is 10.1. The van der Waals surface area contributed by atoms with Crippen LogP contribution in [0, 0.1) is 5.41 Å². The third-order valence-electron chi connectivity index (χ3n) is 6.05. The second-order valence-corrected chi connectivity index (χ2v) is 10.1. The molecule has 0 radical (unpaired) electrons. The quantitative estimate of drug-likeness (QED) is 0.511. The summed E-state index contributed by atoms with van der Waals surface area (Å²) in [7, 11) is 0. The minimum atomic E-state index is -0.845. The molecule has 0 unspecified atom stereocenters. The van der Waals surface area contributed by atoms with Crippen molar-refractivity contribution in [3.63, 3.8) is 0 Å². The molecule has 3 aromatic rings. The molecule has 6 nitrogen and oxygen atoms in total. The van der Waals surface area contributed by atoms with Crippen LogP contribution < -0.4 is 15.2 Å². The average molecular weight is 457 g/mol. The van der Waals surface area contributed by atoms with E-state index in [-0.39, 0.29) is 23.8 Å². The lowest BCUT2D eigenvalue weighted by Gasteiger charge is -2.34. The molecule has 0 amide bonds. The summed E-state index contributed by atoms with van der Waals surface area (Å²) in [6.07, 6.45) is 0. The van der Waals surface area contributed by atoms with Gasteiger partial charge in [-0.25, -0.2) is 4.99 Å². The Kier molecular flexibility index (Phi) is 5.12. The Balaban J connectivity index is 1.62. The molecule has 5 rings (SSSR count). The molecule has 0 aliphatic carbocycles. The zero-order valence-electron chi connectivity index (χ0n) is 19.8. The van der Waals surface area contributed by atoms with Gasteiger partial charge in [-0.2, -0.15) is 0 Å². The molecule has 0 aromatic heterocycles. The summed E-state index contributed by atoms with van der Waals surface area (Å²) in [5, 5.41) is 0. The Bertz CT molecular complexity index is 1320. The summed E-state index contributed by atoms with van der Waals surface area (Å²) >= 11 is 0. The van der Waals surface area contributed by atoms with Crippen LogP contribution in [0.5, 0.6) is 17.2 Å². The van der Waals surface area contributed by atoms with E-state index in [2.05, 4.69) is 20.8 Å². The Morgan fingerprint density at radius 2 is 1.74 bits per heavy atom. The van der Waals surface area contributed by atoms with Gasteiger partial charge in [0.15, 0.2) is 11.3 Å². The van der Waals surface area contributed by atoms with Crippen LogP contribution in [0.4, 0.5) is 0 Å². The number of nitrogens with two attached hydrogens (primary N) is 1. The smallest absolute Gasteiger partial charge is 0.283 e. The monoisotopic (exact) mass is 456 g/mol. The van der Waals surface area contributed by atoms with Crippen LogP contribution in [0.2, 0.25) is 0 Å². The van der Waals surface area contributed by atoms with E-state index >= 15 is 0 Å². The van der Waals surface area contributed by atoms with Gasteiger partial charge in [0.2, 0.25) is 0 Å². The summed E-state index contributed by atoms with van der Waals surface area (Å²) in [5.41, 5.74) is 9.48. The number of ether oxygens (including phenoxy) is 3. The Hall–Kier alpha value is -3.80. The highest BCUT2D eigenvalue weighted by molar-refractivity contribution is 5.95. The number of ketones is 1. The molecular weight excluding hydrogens is 428 g/mol. The first kappa shape index (κ1) is 22.0. The van der Waals surface area contributed by atoms with Gasteiger partial charge in [-0.15, -0.1) is 0 Å². The van der Waals surface area contributed by atoms with E-state index in [0.29, 0.717) is 23.7 Å². The van der Waals surface area contributed by atoms with Crippen molar-refractivity contribution in [2.24, 2.45) is 16.1 Å². The summed E-state index contributed by atoms with van der Waals surface area (Å²) in [4.78, 5) is 16.7. The lowest BCUT2D eigenvalue weighted by Crippen LogP contribution is -2.31. The fourth-order valence-electron chi connectivity index (χ4n) is 4.32. The van der Waals surface area contributed by atoms with Crippen molar-refractivity contribution in [3.05, 3.63) is 77.4 Å². The van der Waals surface area contributed by atoms with Crippen LogP contribution in [0.3, 0.4) is 0 Å². The Labute approximate surface area is 199 Å². The summed E-state index contributed by atoms with van der Waals surface area (Å²) in [6.45, 7) is 8.80. The van der Waals surface area contributed by atoms with Crippen molar-refractivity contribution in [3.8, 4) is 28.4 Å². The molecule has 0 saturated heterocycles. The number of carbonyl (C=O) groups is 1. The van der Waals surface area contributed by atoms with E-state index in [9.17, 15) is 4.79 Å². The van der Waals surface area contributed by atoms with Crippen LogP contribution in [0.15, 0.2) is 65.7 Å². The number of nitrogens with zero attached hydrogens (tertiary/aromatic N) is 1. The maximum Gasteiger partial charge on any atom is 0.283 e. The van der Waals surface area contributed by atoms with Gasteiger partial charge in [0.1, 0.15) is 23.9 Å². The van der Waals surface area contributed by atoms with Gasteiger partial charge in [-0.1, -0.05) is 45.0 Å². The molecule has 3 aromatic carbocycles. The molecular formula is C28H28N2O4. The van der Waals surface area contributed by atoms with Gasteiger partial charge in [0, 0.05) is 16.7 Å². The highest BCUT2D eigenvalue weighted by Gasteiger charge is 2.47. The van der Waals surface area contributed by atoms with Crippen LogP contribution in [-0.2, 0) is 10.3 Å². The molecule has 34 heavy (non-hydrogen) atoms. The van der Waals surface area contributed by atoms with Crippen molar-refractivity contribution < 1.29 is 19.0 Å². The second kappa shape index (κ2) is 7.90. The molecule has 1 spiro atoms. The molecule has 6 heteroatoms. The number of amidine groups is 1. The van der Waals surface area contributed by atoms with E-state index in [0.717, 1.165) is 28.0 Å². The number of rotatable bonds is 4. The Morgan fingerprint density at radius 3 is 2.41 bits per heavy atom. The highest BCUT2D eigenvalue weighted by Crippen LogP contribution is 2.52. The molecule has 2 N–H and O–H groups in total. The van der Waals surface area contributed by atoms with Gasteiger partial charge in [-0.3, -0.25) is 4.79 Å². The van der Waals surface area contributed by atoms with Crippen molar-refractivity contribution in [2.75, 3.05) is 13.2 Å². The normalized spacial score (nSPS) is 18.4. The molecule has 0 bridgehead atoms. The van der Waals surface area contributed by atoms with E-state index in [4.69, 9.17) is 24.9 Å². The van der Waals surface area contributed by atoms with E-state index < -0.39 is 5.54 Å². The van der Waals surface area contributed by atoms with Gasteiger partial charge in [0.05, 0.1) is 6.61 Å². The van der Waals surface area contributed by atoms with Crippen LogP contribution in [-0.4, -0.2) is 25.0 Å². The van der Waals surface area contributed by atoms with Gasteiger partial charge in [0.25, 0.3) is 6.02 Å². The Morgan fingerprint density at radius 1 is 1.03 bits per heavy atom. The molecule has 174 valence electrons. The van der Waals surface area contributed by atoms with Gasteiger partial charge < -0.3 is 19.9 Å². The van der Waals surface area contributed by atoms with Crippen LogP contribution >= 0.6 is 0 Å². The fraction of sp³-hybridized carbons (Fsp3) is 0.286. The van der Waals surface area contributed by atoms with Crippen molar-refractivity contribution in [1.82, 2.24) is 0 Å². The van der Waals surface area contributed by atoms with Gasteiger partial charge >= 0.3 is 0 Å². The summed E-state index contributed by atoms with van der Waals surface area (Å²) in [6, 6.07) is 19.5. The predicted octanol–water partition coefficient (Wildman–Crippen LogP) is 5.68. The van der Waals surface area contributed by atoms with E-state index in [1.807, 2.05) is 60.7 Å². The summed E-state index contributed by atoms with van der Waals surface area (Å²) < 4.78 is 18.0. The maximum atomic E-state index is 11.9. The van der Waals surface area contributed by atoms with E-state index in [1.54, 1.807) is 6.92 Å². The molecule has 0 saturated carbocycles. The number of Topliss-reactive ketones (excluding diaryl/α,β-unsaturated/α-hetero) is 1. The number of aliphatic imine (C=N–C) groups is 1. The van der Waals surface area contributed by atoms with Crippen molar-refractivity contribution in [1.29, 1.82) is 0 Å². The topological polar surface area (TPSA) is 83.1 Å². The highest BCUT2D eigenvalue weighted by atomic mass is 16.5. The predicted molar refractivity (Wildman–Crippen MR) is 132 cm³/mol. The number of hydrogen-bond donors (Lipinski definition) is 1. The number of carbonyl (C=O) groups excluding carboxylic acids is 1. The third kappa shape index (κ3) is 3.89. The maximum absolute atomic E-state index is 11.9. The molecule has 2 aliphatic heterocycles. The first-order valence-corrected chi connectivity index (χ1v) is 11.3. The molecule has 1 atom stereocenters. The van der Waals surface area contributed by atoms with Gasteiger partial charge in [-0.05, 0) is 59.9 Å². The number of fused-ring (bicyclic) bond motifs is 4. The minimum absolute atomic E-state index is 0.0258. The standard InChI is InChI=1S/C28H28N2O4/c1-17(31)18-6-5-7-19(12-18)20-8-10-24-22(13-20)28(16-33-26(29)30-28)23-14-21(9-11-25(23)34-24)32-15-27(2,3)4/h5-14H,15-16H2,1-4H3,(H2,29,30)/t28-/m1/s1. The first-order valence-electron chi connectivity index (χ1n) is 11.3.